The maximum absolute atomic E-state index is 13.4. The molecule has 1 aromatic carbocycles. The van der Waals surface area contributed by atoms with E-state index in [0.717, 1.165) is 5.56 Å². The fourth-order valence-electron chi connectivity index (χ4n) is 1.63. The largest absolute Gasteiger partial charge is 0.493 e. The zero-order chi connectivity index (χ0) is 13.0. The highest BCUT2D eigenvalue weighted by Crippen LogP contribution is 2.21. The molecule has 1 saturated carbocycles. The summed E-state index contributed by atoms with van der Waals surface area (Å²) in [4.78, 5) is 10.6. The van der Waals surface area contributed by atoms with Crippen LogP contribution in [0.25, 0.3) is 0 Å². The van der Waals surface area contributed by atoms with E-state index in [0.29, 0.717) is 18.3 Å². The molecule has 1 aromatic rings. The average Bonchev–Trinajstić information content (AvgIpc) is 3.09. The van der Waals surface area contributed by atoms with E-state index in [4.69, 9.17) is 10.5 Å². The van der Waals surface area contributed by atoms with Crippen molar-refractivity contribution in [3.63, 3.8) is 0 Å². The zero-order valence-corrected chi connectivity index (χ0v) is 10.1. The molecule has 2 rings (SSSR count). The highest BCUT2D eigenvalue weighted by atomic mass is 19.1. The van der Waals surface area contributed by atoms with Crippen molar-refractivity contribution in [1.29, 1.82) is 0 Å². The fourth-order valence-corrected chi connectivity index (χ4v) is 1.63. The minimum Gasteiger partial charge on any atom is -0.493 e. The van der Waals surface area contributed by atoms with E-state index in [-0.39, 0.29) is 18.8 Å². The molecule has 0 aliphatic heterocycles. The van der Waals surface area contributed by atoms with Crippen molar-refractivity contribution in [2.45, 2.75) is 31.8 Å². The van der Waals surface area contributed by atoms with E-state index in [1.165, 1.54) is 25.0 Å². The molecule has 0 atom stereocenters. The summed E-state index contributed by atoms with van der Waals surface area (Å²) >= 11 is 0. The smallest absolute Gasteiger partial charge is 0.220 e. The first kappa shape index (κ1) is 12.8. The van der Waals surface area contributed by atoms with E-state index in [1.807, 2.05) is 0 Å². The molecule has 4 nitrogen and oxygen atoms in total. The van der Waals surface area contributed by atoms with Crippen LogP contribution in [0.3, 0.4) is 0 Å². The summed E-state index contributed by atoms with van der Waals surface area (Å²) in [5, 5.41) is 3.31. The number of hydrogen-bond acceptors (Lipinski definition) is 3. The number of rotatable bonds is 7. The van der Waals surface area contributed by atoms with Gasteiger partial charge in [0.25, 0.3) is 0 Å². The molecule has 3 N–H and O–H groups in total. The van der Waals surface area contributed by atoms with Gasteiger partial charge in [-0.2, -0.15) is 0 Å². The topological polar surface area (TPSA) is 64.4 Å². The molecule has 1 amide bonds. The molecule has 0 spiro atoms. The van der Waals surface area contributed by atoms with Crippen molar-refractivity contribution in [3.8, 4) is 5.75 Å². The molecule has 98 valence electrons. The van der Waals surface area contributed by atoms with Crippen molar-refractivity contribution < 1.29 is 13.9 Å². The molecule has 18 heavy (non-hydrogen) atoms. The lowest BCUT2D eigenvalue weighted by atomic mass is 10.2. The molecule has 1 fully saturated rings. The summed E-state index contributed by atoms with van der Waals surface area (Å²) < 4.78 is 18.6. The van der Waals surface area contributed by atoms with Crippen LogP contribution < -0.4 is 15.8 Å². The van der Waals surface area contributed by atoms with Gasteiger partial charge in [-0.3, -0.25) is 4.79 Å². The Bertz CT molecular complexity index is 433. The van der Waals surface area contributed by atoms with Crippen LogP contribution in [0.2, 0.25) is 0 Å². The number of carbonyl (C=O) groups is 1. The minimum absolute atomic E-state index is 0.131. The van der Waals surface area contributed by atoms with Gasteiger partial charge in [-0.25, -0.2) is 4.39 Å². The van der Waals surface area contributed by atoms with Crippen LogP contribution in [-0.2, 0) is 11.3 Å². The van der Waals surface area contributed by atoms with Gasteiger partial charge in [-0.05, 0) is 30.5 Å². The van der Waals surface area contributed by atoms with Gasteiger partial charge < -0.3 is 15.8 Å². The van der Waals surface area contributed by atoms with Gasteiger partial charge in [0.1, 0.15) is 11.6 Å². The van der Waals surface area contributed by atoms with E-state index < -0.39 is 5.91 Å². The highest BCUT2D eigenvalue weighted by molar-refractivity contribution is 5.73. The molecule has 1 aliphatic rings. The zero-order valence-electron chi connectivity index (χ0n) is 10.1. The lowest BCUT2D eigenvalue weighted by molar-refractivity contribution is -0.118. The van der Waals surface area contributed by atoms with Gasteiger partial charge >= 0.3 is 0 Å². The first-order valence-corrected chi connectivity index (χ1v) is 6.07. The van der Waals surface area contributed by atoms with Gasteiger partial charge in [0, 0.05) is 18.7 Å². The lowest BCUT2D eigenvalue weighted by Crippen LogP contribution is -2.16. The summed E-state index contributed by atoms with van der Waals surface area (Å²) in [6.07, 6.45) is 2.51. The highest BCUT2D eigenvalue weighted by Gasteiger charge is 2.20. The predicted octanol–water partition coefficient (Wildman–Crippen LogP) is 1.33. The molecule has 0 unspecified atom stereocenters. The van der Waals surface area contributed by atoms with Gasteiger partial charge in [0.2, 0.25) is 5.91 Å². The molecule has 0 heterocycles. The first-order chi connectivity index (χ1) is 8.63. The number of ether oxygens (including phenoxy) is 1. The maximum Gasteiger partial charge on any atom is 0.220 e. The second kappa shape index (κ2) is 5.82. The summed E-state index contributed by atoms with van der Waals surface area (Å²) in [7, 11) is 0. The lowest BCUT2D eigenvalue weighted by Gasteiger charge is -2.08. The Morgan fingerprint density at radius 1 is 1.44 bits per heavy atom. The molecule has 0 radical (unpaired) electrons. The Labute approximate surface area is 105 Å². The van der Waals surface area contributed by atoms with Crippen LogP contribution in [0.15, 0.2) is 18.2 Å². The van der Waals surface area contributed by atoms with Gasteiger partial charge in [-0.15, -0.1) is 0 Å². The summed E-state index contributed by atoms with van der Waals surface area (Å²) in [5.41, 5.74) is 5.84. The maximum atomic E-state index is 13.4. The first-order valence-electron chi connectivity index (χ1n) is 6.07. The molecule has 0 aromatic heterocycles. The normalized spacial score (nSPS) is 14.5. The molecular weight excluding hydrogens is 235 g/mol. The number of amides is 1. The fraction of sp³-hybridized carbons (Fsp3) is 0.462. The Kier molecular flexibility index (Phi) is 4.15. The van der Waals surface area contributed by atoms with Gasteiger partial charge in [-0.1, -0.05) is 0 Å². The molecule has 0 bridgehead atoms. The Morgan fingerprint density at radius 3 is 2.89 bits per heavy atom. The molecule has 5 heteroatoms. The number of carbonyl (C=O) groups excluding carboxylic acids is 1. The third-order valence-corrected chi connectivity index (χ3v) is 2.72. The molecular formula is C13H17FN2O2. The van der Waals surface area contributed by atoms with Crippen LogP contribution >= 0.6 is 0 Å². The second-order valence-corrected chi connectivity index (χ2v) is 4.52. The van der Waals surface area contributed by atoms with Crippen molar-refractivity contribution >= 4 is 5.91 Å². The number of nitrogens with two attached hydrogens (primary N) is 1. The summed E-state index contributed by atoms with van der Waals surface area (Å²) in [6, 6.07) is 5.14. The van der Waals surface area contributed by atoms with E-state index >= 15 is 0 Å². The summed E-state index contributed by atoms with van der Waals surface area (Å²) in [5.74, 6) is -0.329. The Morgan fingerprint density at radius 2 is 2.22 bits per heavy atom. The average molecular weight is 252 g/mol. The van der Waals surface area contributed by atoms with Crippen molar-refractivity contribution in [2.24, 2.45) is 5.73 Å². The van der Waals surface area contributed by atoms with Crippen LogP contribution in [-0.4, -0.2) is 18.6 Å². The van der Waals surface area contributed by atoms with Crippen LogP contribution in [0, 0.1) is 5.82 Å². The Hall–Kier alpha value is -1.62. The third kappa shape index (κ3) is 4.33. The number of primary amides is 1. The second-order valence-electron chi connectivity index (χ2n) is 4.52. The third-order valence-electron chi connectivity index (χ3n) is 2.72. The van der Waals surface area contributed by atoms with Gasteiger partial charge in [0.05, 0.1) is 13.0 Å². The Balaban J connectivity index is 1.89. The number of halogens is 1. The quantitative estimate of drug-likeness (QED) is 0.769. The predicted molar refractivity (Wildman–Crippen MR) is 65.6 cm³/mol. The van der Waals surface area contributed by atoms with Gasteiger partial charge in [0.15, 0.2) is 0 Å². The van der Waals surface area contributed by atoms with E-state index in [2.05, 4.69) is 5.32 Å². The number of nitrogens with one attached hydrogen (secondary N) is 1. The molecule has 1 aliphatic carbocycles. The van der Waals surface area contributed by atoms with E-state index in [1.54, 1.807) is 6.07 Å². The molecule has 0 saturated heterocycles. The number of benzene rings is 1. The summed E-state index contributed by atoms with van der Waals surface area (Å²) in [6.45, 7) is 0.808. The standard InChI is InChI=1S/C13H17FN2O2/c14-10-5-9(8-16-11-1-2-11)6-12(7-10)18-4-3-13(15)17/h5-7,11,16H,1-4,8H2,(H2,15,17). The van der Waals surface area contributed by atoms with Crippen molar-refractivity contribution in [3.05, 3.63) is 29.6 Å². The number of hydrogen-bond donors (Lipinski definition) is 2. The van der Waals surface area contributed by atoms with Crippen LogP contribution in [0.5, 0.6) is 5.75 Å². The minimum atomic E-state index is -0.429. The SMILES string of the molecule is NC(=O)CCOc1cc(F)cc(CNC2CC2)c1. The van der Waals surface area contributed by atoms with E-state index in [9.17, 15) is 9.18 Å². The van der Waals surface area contributed by atoms with Crippen molar-refractivity contribution in [1.82, 2.24) is 5.32 Å². The van der Waals surface area contributed by atoms with Crippen LogP contribution in [0.4, 0.5) is 4.39 Å². The monoisotopic (exact) mass is 252 g/mol. The van der Waals surface area contributed by atoms with Crippen molar-refractivity contribution in [2.75, 3.05) is 6.61 Å². The van der Waals surface area contributed by atoms with Crippen LogP contribution in [0.1, 0.15) is 24.8 Å².